The SMILES string of the molecule is CCOC(=O)c1ccc(NC(=O)/C(C#N)=C/c2cc(Br)cc(Br)c2OCc2ccccc2)cc1. The van der Waals surface area contributed by atoms with E-state index in [1.165, 1.54) is 6.08 Å². The Labute approximate surface area is 214 Å². The summed E-state index contributed by atoms with van der Waals surface area (Å²) in [6.07, 6.45) is 1.47. The van der Waals surface area contributed by atoms with E-state index in [9.17, 15) is 14.9 Å². The first-order valence-corrected chi connectivity index (χ1v) is 11.9. The van der Waals surface area contributed by atoms with E-state index in [1.807, 2.05) is 42.5 Å². The van der Waals surface area contributed by atoms with Crippen molar-refractivity contribution < 1.29 is 19.1 Å². The first-order valence-electron chi connectivity index (χ1n) is 10.3. The largest absolute Gasteiger partial charge is 0.487 e. The van der Waals surface area contributed by atoms with Gasteiger partial charge in [-0.2, -0.15) is 5.26 Å². The number of carbonyl (C=O) groups is 2. The highest BCUT2D eigenvalue weighted by atomic mass is 79.9. The normalized spacial score (nSPS) is 10.8. The van der Waals surface area contributed by atoms with Crippen molar-refractivity contribution in [1.82, 2.24) is 0 Å². The van der Waals surface area contributed by atoms with Crippen molar-refractivity contribution in [2.75, 3.05) is 11.9 Å². The standard InChI is InChI=1S/C26H20Br2N2O4/c1-2-33-26(32)18-8-10-22(11-9-18)30-25(31)20(15-29)12-19-13-21(27)14-23(28)24(19)34-16-17-6-4-3-5-7-17/h3-14H,2,16H2,1H3,(H,30,31)/b20-12+. The smallest absolute Gasteiger partial charge is 0.338 e. The van der Waals surface area contributed by atoms with E-state index in [0.29, 0.717) is 33.6 Å². The van der Waals surface area contributed by atoms with E-state index >= 15 is 0 Å². The Morgan fingerprint density at radius 1 is 1.06 bits per heavy atom. The van der Waals surface area contributed by atoms with Crippen LogP contribution in [0.15, 0.2) is 81.2 Å². The number of nitrogens with zero attached hydrogens (tertiary/aromatic N) is 1. The highest BCUT2D eigenvalue weighted by molar-refractivity contribution is 9.11. The van der Waals surface area contributed by atoms with Crippen molar-refractivity contribution in [2.45, 2.75) is 13.5 Å². The lowest BCUT2D eigenvalue weighted by Crippen LogP contribution is -2.14. The third kappa shape index (κ3) is 6.80. The number of hydrogen-bond acceptors (Lipinski definition) is 5. The monoisotopic (exact) mass is 582 g/mol. The molecule has 0 spiro atoms. The van der Waals surface area contributed by atoms with E-state index in [-0.39, 0.29) is 12.2 Å². The number of benzene rings is 3. The number of nitrogens with one attached hydrogen (secondary N) is 1. The highest BCUT2D eigenvalue weighted by Gasteiger charge is 2.15. The molecule has 0 fully saturated rings. The van der Waals surface area contributed by atoms with Crippen LogP contribution in [0, 0.1) is 11.3 Å². The fourth-order valence-electron chi connectivity index (χ4n) is 2.98. The minimum Gasteiger partial charge on any atom is -0.487 e. The predicted molar refractivity (Wildman–Crippen MR) is 137 cm³/mol. The molecule has 0 aliphatic heterocycles. The van der Waals surface area contributed by atoms with E-state index < -0.39 is 11.9 Å². The molecule has 34 heavy (non-hydrogen) atoms. The van der Waals surface area contributed by atoms with Gasteiger partial charge < -0.3 is 14.8 Å². The predicted octanol–water partition coefficient (Wildman–Crippen LogP) is 6.51. The number of carbonyl (C=O) groups excluding carboxylic acids is 2. The third-order valence-corrected chi connectivity index (χ3v) is 5.63. The van der Waals surface area contributed by atoms with Gasteiger partial charge in [-0.05, 0) is 70.9 Å². The van der Waals surface area contributed by atoms with Crippen LogP contribution in [0.25, 0.3) is 6.08 Å². The molecule has 1 N–H and O–H groups in total. The molecule has 1 amide bonds. The number of rotatable bonds is 8. The first kappa shape index (κ1) is 25.2. The number of nitriles is 1. The zero-order valence-corrected chi connectivity index (χ0v) is 21.4. The molecule has 0 aliphatic rings. The summed E-state index contributed by atoms with van der Waals surface area (Å²) in [5.41, 5.74) is 2.24. The maximum atomic E-state index is 12.8. The Morgan fingerprint density at radius 3 is 2.41 bits per heavy atom. The van der Waals surface area contributed by atoms with Gasteiger partial charge in [0, 0.05) is 15.7 Å². The van der Waals surface area contributed by atoms with Crippen LogP contribution in [0.5, 0.6) is 5.75 Å². The first-order chi connectivity index (χ1) is 16.4. The van der Waals surface area contributed by atoms with Crippen molar-refractivity contribution in [3.05, 3.63) is 97.9 Å². The van der Waals surface area contributed by atoms with Gasteiger partial charge in [-0.15, -0.1) is 0 Å². The zero-order chi connectivity index (χ0) is 24.5. The molecule has 0 radical (unpaired) electrons. The van der Waals surface area contributed by atoms with E-state index in [1.54, 1.807) is 37.3 Å². The van der Waals surface area contributed by atoms with Gasteiger partial charge in [0.2, 0.25) is 0 Å². The number of ether oxygens (including phenoxy) is 2. The minimum absolute atomic E-state index is 0.107. The van der Waals surface area contributed by atoms with Crippen molar-refractivity contribution in [2.24, 2.45) is 0 Å². The molecule has 172 valence electrons. The van der Waals surface area contributed by atoms with Crippen LogP contribution in [0.3, 0.4) is 0 Å². The van der Waals surface area contributed by atoms with Crippen LogP contribution in [0.1, 0.15) is 28.4 Å². The highest BCUT2D eigenvalue weighted by Crippen LogP contribution is 2.35. The topological polar surface area (TPSA) is 88.4 Å². The molecular weight excluding hydrogens is 564 g/mol. The van der Waals surface area contributed by atoms with Gasteiger partial charge in [0.05, 0.1) is 16.6 Å². The summed E-state index contributed by atoms with van der Waals surface area (Å²) in [5, 5.41) is 12.3. The number of anilines is 1. The summed E-state index contributed by atoms with van der Waals surface area (Å²) < 4.78 is 12.4. The Morgan fingerprint density at radius 2 is 1.76 bits per heavy atom. The molecular formula is C26H20Br2N2O4. The Hall–Kier alpha value is -3.41. The van der Waals surface area contributed by atoms with Gasteiger partial charge in [0.15, 0.2) is 0 Å². The molecule has 0 heterocycles. The average molecular weight is 584 g/mol. The Bertz CT molecular complexity index is 1250. The van der Waals surface area contributed by atoms with Crippen LogP contribution in [0.4, 0.5) is 5.69 Å². The van der Waals surface area contributed by atoms with Gasteiger partial charge in [0.25, 0.3) is 5.91 Å². The van der Waals surface area contributed by atoms with E-state index in [0.717, 1.165) is 10.0 Å². The molecule has 3 rings (SSSR count). The molecule has 0 atom stereocenters. The molecule has 0 aromatic heterocycles. The van der Waals surface area contributed by atoms with E-state index in [2.05, 4.69) is 37.2 Å². The second-order valence-electron chi connectivity index (χ2n) is 7.00. The fourth-order valence-corrected chi connectivity index (χ4v) is 4.35. The van der Waals surface area contributed by atoms with Crippen molar-refractivity contribution in [3.63, 3.8) is 0 Å². The summed E-state index contributed by atoms with van der Waals surface area (Å²) in [5.74, 6) is -0.524. The Kier molecular flexibility index (Phi) is 9.02. The zero-order valence-electron chi connectivity index (χ0n) is 18.2. The van der Waals surface area contributed by atoms with Crippen LogP contribution >= 0.6 is 31.9 Å². The Balaban J connectivity index is 1.81. The van der Waals surface area contributed by atoms with Gasteiger partial charge in [-0.3, -0.25) is 4.79 Å². The molecule has 0 bridgehead atoms. The summed E-state index contributed by atoms with van der Waals surface area (Å²) in [6, 6.07) is 21.4. The van der Waals surface area contributed by atoms with E-state index in [4.69, 9.17) is 9.47 Å². The van der Waals surface area contributed by atoms with Crippen molar-refractivity contribution in [3.8, 4) is 11.8 Å². The van der Waals surface area contributed by atoms with Crippen LogP contribution in [-0.4, -0.2) is 18.5 Å². The molecule has 0 unspecified atom stereocenters. The minimum atomic E-state index is -0.587. The molecule has 8 heteroatoms. The summed E-state index contributed by atoms with van der Waals surface area (Å²) in [7, 11) is 0. The maximum absolute atomic E-state index is 12.8. The summed E-state index contributed by atoms with van der Waals surface area (Å²) >= 11 is 6.94. The third-order valence-electron chi connectivity index (χ3n) is 4.58. The fraction of sp³-hybridized carbons (Fsp3) is 0.115. The van der Waals surface area contributed by atoms with Crippen LogP contribution < -0.4 is 10.1 Å². The average Bonchev–Trinajstić information content (AvgIpc) is 2.83. The number of halogens is 2. The summed E-state index contributed by atoms with van der Waals surface area (Å²) in [6.45, 7) is 2.32. The second kappa shape index (κ2) is 12.2. The molecule has 3 aromatic rings. The van der Waals surface area contributed by atoms with Gasteiger partial charge in [-0.1, -0.05) is 46.3 Å². The van der Waals surface area contributed by atoms with Gasteiger partial charge >= 0.3 is 5.97 Å². The molecule has 6 nitrogen and oxygen atoms in total. The van der Waals surface area contributed by atoms with Gasteiger partial charge in [-0.25, -0.2) is 4.79 Å². The molecule has 3 aromatic carbocycles. The van der Waals surface area contributed by atoms with Gasteiger partial charge in [0.1, 0.15) is 24.0 Å². The molecule has 0 aliphatic carbocycles. The molecule has 0 saturated heterocycles. The second-order valence-corrected chi connectivity index (χ2v) is 8.77. The molecule has 0 saturated carbocycles. The number of hydrogen-bond donors (Lipinski definition) is 1. The lowest BCUT2D eigenvalue weighted by Gasteiger charge is -2.13. The number of amides is 1. The number of esters is 1. The van der Waals surface area contributed by atoms with Crippen molar-refractivity contribution in [1.29, 1.82) is 5.26 Å². The van der Waals surface area contributed by atoms with Crippen LogP contribution in [0.2, 0.25) is 0 Å². The van der Waals surface area contributed by atoms with Crippen LogP contribution in [-0.2, 0) is 16.1 Å². The lowest BCUT2D eigenvalue weighted by molar-refractivity contribution is -0.112. The quantitative estimate of drug-likeness (QED) is 0.185. The summed E-state index contributed by atoms with van der Waals surface area (Å²) in [4.78, 5) is 24.6. The lowest BCUT2D eigenvalue weighted by atomic mass is 10.1. The maximum Gasteiger partial charge on any atom is 0.338 e. The van der Waals surface area contributed by atoms with Crippen molar-refractivity contribution >= 4 is 55.5 Å².